The van der Waals surface area contributed by atoms with Gasteiger partial charge in [-0.1, -0.05) is 72.8 Å². The molecule has 3 unspecified atom stereocenters. The number of hydrogen-bond donors (Lipinski definition) is 0. The summed E-state index contributed by atoms with van der Waals surface area (Å²) in [5.74, 6) is -11.7. The normalized spacial score (nSPS) is 27.1. The lowest BCUT2D eigenvalue weighted by atomic mass is 9.75. The minimum absolute atomic E-state index is 0.00130. The van der Waals surface area contributed by atoms with E-state index in [9.17, 15) is 24.0 Å². The molecule has 0 radical (unpaired) electrons. The molecular formula is C28H18O9. The van der Waals surface area contributed by atoms with E-state index < -0.39 is 46.6 Å². The van der Waals surface area contributed by atoms with Gasteiger partial charge < -0.3 is 9.47 Å². The molecule has 0 fully saturated rings. The topological polar surface area (TPSA) is 122 Å². The summed E-state index contributed by atoms with van der Waals surface area (Å²) in [5.41, 5.74) is -0.363. The van der Waals surface area contributed by atoms with Crippen LogP contribution in [-0.4, -0.2) is 29.3 Å². The van der Waals surface area contributed by atoms with Crippen LogP contribution in [0.5, 0.6) is 0 Å². The zero-order valence-corrected chi connectivity index (χ0v) is 19.6. The van der Waals surface area contributed by atoms with E-state index in [4.69, 9.17) is 18.9 Å². The highest BCUT2D eigenvalue weighted by Gasteiger charge is 2.71. The summed E-state index contributed by atoms with van der Waals surface area (Å²) in [7, 11) is 0. The van der Waals surface area contributed by atoms with Gasteiger partial charge in [-0.05, 0) is 0 Å². The van der Waals surface area contributed by atoms with E-state index in [0.29, 0.717) is 0 Å². The lowest BCUT2D eigenvalue weighted by Crippen LogP contribution is -2.65. The molecule has 0 saturated heterocycles. The Kier molecular flexibility index (Phi) is 4.66. The Morgan fingerprint density at radius 3 is 1.35 bits per heavy atom. The van der Waals surface area contributed by atoms with Crippen molar-refractivity contribution in [3.05, 3.63) is 106 Å². The number of carbonyl (C=O) groups is 5. The van der Waals surface area contributed by atoms with Gasteiger partial charge in [-0.3, -0.25) is 33.4 Å². The Morgan fingerprint density at radius 1 is 0.568 bits per heavy atom. The number of rotatable bonds is 2. The lowest BCUT2D eigenvalue weighted by molar-refractivity contribution is -0.379. The van der Waals surface area contributed by atoms with Crippen molar-refractivity contribution in [2.24, 2.45) is 0 Å². The van der Waals surface area contributed by atoms with Crippen LogP contribution in [-0.2, 0) is 45.9 Å². The summed E-state index contributed by atoms with van der Waals surface area (Å²) in [4.78, 5) is 67.4. The number of ketones is 3. The number of carbonyl (C=O) groups excluding carboxylic acids is 5. The van der Waals surface area contributed by atoms with Gasteiger partial charge >= 0.3 is 23.5 Å². The van der Waals surface area contributed by atoms with E-state index in [-0.39, 0.29) is 33.4 Å². The molecule has 3 aliphatic rings. The average molecular weight is 498 g/mol. The van der Waals surface area contributed by atoms with Crippen LogP contribution in [0.3, 0.4) is 0 Å². The maximum absolute atomic E-state index is 14.4. The Morgan fingerprint density at radius 2 is 0.919 bits per heavy atom. The quantitative estimate of drug-likeness (QED) is 0.490. The van der Waals surface area contributed by atoms with Gasteiger partial charge in [-0.2, -0.15) is 0 Å². The summed E-state index contributed by atoms with van der Waals surface area (Å²) in [5, 5.41) is 0. The summed E-state index contributed by atoms with van der Waals surface area (Å²) in [6, 6.07) is 17.8. The van der Waals surface area contributed by atoms with E-state index in [1.54, 1.807) is 24.3 Å². The second-order valence-electron chi connectivity index (χ2n) is 8.87. The molecule has 3 bridgehead atoms. The Hall–Kier alpha value is -4.47. The molecule has 0 saturated carbocycles. The smallest absolute Gasteiger partial charge is 0.308 e. The molecule has 9 heteroatoms. The first kappa shape index (κ1) is 23.0. The summed E-state index contributed by atoms with van der Waals surface area (Å²) in [6.07, 6.45) is 0. The molecule has 3 heterocycles. The van der Waals surface area contributed by atoms with Crippen molar-refractivity contribution in [1.82, 2.24) is 0 Å². The van der Waals surface area contributed by atoms with Gasteiger partial charge in [0.05, 0.1) is 0 Å². The Bertz CT molecular complexity index is 1570. The highest BCUT2D eigenvalue weighted by atomic mass is 16.8. The van der Waals surface area contributed by atoms with Crippen LogP contribution in [0.2, 0.25) is 0 Å². The van der Waals surface area contributed by atoms with E-state index in [1.807, 2.05) is 0 Å². The molecule has 3 atom stereocenters. The number of benzene rings is 3. The van der Waals surface area contributed by atoms with Crippen molar-refractivity contribution < 1.29 is 42.9 Å². The third-order valence-corrected chi connectivity index (χ3v) is 6.63. The molecule has 0 N–H and O–H groups in total. The molecule has 3 aromatic rings. The number of fused-ring (bicyclic) bond motifs is 7. The first-order valence-corrected chi connectivity index (χ1v) is 11.4. The van der Waals surface area contributed by atoms with E-state index in [1.165, 1.54) is 48.5 Å². The first-order chi connectivity index (χ1) is 17.7. The molecular weight excluding hydrogens is 480 g/mol. The van der Waals surface area contributed by atoms with Crippen LogP contribution in [0.15, 0.2) is 72.8 Å². The second kappa shape index (κ2) is 7.52. The average Bonchev–Trinajstić information content (AvgIpc) is 2.88. The standard InChI is InChI=1S/C28H18O9/c1-15(29)34-26-20-12-6-3-9-17(20)23(31)27(35-16(2)30)21-13-7-4-10-18(21)25(33)28(36-26,37-27)22-14-8-5-11-19(22)24(26)32/h3-14H,1-2H3. The minimum atomic E-state index is -2.54. The van der Waals surface area contributed by atoms with E-state index in [0.717, 1.165) is 13.8 Å². The maximum atomic E-state index is 14.4. The molecule has 9 nitrogen and oxygen atoms in total. The van der Waals surface area contributed by atoms with Crippen molar-refractivity contribution in [2.45, 2.75) is 31.2 Å². The van der Waals surface area contributed by atoms with Crippen molar-refractivity contribution in [1.29, 1.82) is 0 Å². The monoisotopic (exact) mass is 498 g/mol. The predicted molar refractivity (Wildman–Crippen MR) is 123 cm³/mol. The van der Waals surface area contributed by atoms with Gasteiger partial charge in [0.2, 0.25) is 17.3 Å². The number of Topliss-reactive ketones (excluding diaryl/α,β-unsaturated/α-hetero) is 3. The fourth-order valence-electron chi connectivity index (χ4n) is 5.28. The van der Waals surface area contributed by atoms with Gasteiger partial charge in [0.1, 0.15) is 0 Å². The zero-order chi connectivity index (χ0) is 26.2. The second-order valence-corrected chi connectivity index (χ2v) is 8.87. The van der Waals surface area contributed by atoms with Crippen molar-refractivity contribution >= 4 is 29.3 Å². The van der Waals surface area contributed by atoms with Crippen molar-refractivity contribution in [3.63, 3.8) is 0 Å². The fraction of sp³-hybridized carbons (Fsp3) is 0.179. The third-order valence-electron chi connectivity index (χ3n) is 6.63. The summed E-state index contributed by atoms with van der Waals surface area (Å²) in [6.45, 7) is 2.17. The van der Waals surface area contributed by atoms with Crippen LogP contribution >= 0.6 is 0 Å². The SMILES string of the molecule is CC(=O)OC12OC3(OC(OC(C)=O)(C(=O)c4ccccc43)c3ccccc3C1=O)C(=O)c1ccccc12. The zero-order valence-electron chi connectivity index (χ0n) is 19.6. The molecule has 0 aromatic heterocycles. The molecule has 3 aromatic carbocycles. The number of ether oxygens (including phenoxy) is 4. The predicted octanol–water partition coefficient (Wildman–Crippen LogP) is 3.29. The molecule has 6 rings (SSSR count). The third kappa shape index (κ3) is 2.83. The molecule has 0 aliphatic carbocycles. The number of hydrogen-bond acceptors (Lipinski definition) is 9. The lowest BCUT2D eigenvalue weighted by Gasteiger charge is -2.52. The Labute approximate surface area is 209 Å². The summed E-state index contributed by atoms with van der Waals surface area (Å²) < 4.78 is 23.7. The van der Waals surface area contributed by atoms with E-state index >= 15 is 0 Å². The number of esters is 2. The fourth-order valence-corrected chi connectivity index (χ4v) is 5.28. The van der Waals surface area contributed by atoms with Crippen molar-refractivity contribution in [3.8, 4) is 0 Å². The molecule has 1 spiro atoms. The van der Waals surface area contributed by atoms with Crippen molar-refractivity contribution in [2.75, 3.05) is 0 Å². The van der Waals surface area contributed by atoms with Gasteiger partial charge in [0.25, 0.3) is 5.79 Å². The van der Waals surface area contributed by atoms with Gasteiger partial charge in [0, 0.05) is 47.2 Å². The Balaban J connectivity index is 1.83. The summed E-state index contributed by atoms with van der Waals surface area (Å²) >= 11 is 0. The van der Waals surface area contributed by atoms with Crippen LogP contribution in [0, 0.1) is 0 Å². The van der Waals surface area contributed by atoms with E-state index in [2.05, 4.69) is 0 Å². The molecule has 37 heavy (non-hydrogen) atoms. The molecule has 0 amide bonds. The van der Waals surface area contributed by atoms with Crippen LogP contribution < -0.4 is 0 Å². The van der Waals surface area contributed by atoms with Gasteiger partial charge in [-0.15, -0.1) is 0 Å². The van der Waals surface area contributed by atoms with Gasteiger partial charge in [-0.25, -0.2) is 0 Å². The first-order valence-electron chi connectivity index (χ1n) is 11.4. The van der Waals surface area contributed by atoms with Gasteiger partial charge in [0.15, 0.2) is 0 Å². The van der Waals surface area contributed by atoms with Crippen LogP contribution in [0.25, 0.3) is 0 Å². The highest BCUT2D eigenvalue weighted by molar-refractivity contribution is 6.16. The van der Waals surface area contributed by atoms with Crippen LogP contribution in [0.1, 0.15) is 61.6 Å². The highest BCUT2D eigenvalue weighted by Crippen LogP contribution is 2.57. The molecule has 184 valence electrons. The van der Waals surface area contributed by atoms with Crippen LogP contribution in [0.4, 0.5) is 0 Å². The largest absolute Gasteiger partial charge is 0.420 e. The minimum Gasteiger partial charge on any atom is -0.420 e. The maximum Gasteiger partial charge on any atom is 0.308 e. The molecule has 3 aliphatic heterocycles.